The van der Waals surface area contributed by atoms with E-state index in [1.807, 2.05) is 20.8 Å². The summed E-state index contributed by atoms with van der Waals surface area (Å²) in [4.78, 5) is 15.3. The van der Waals surface area contributed by atoms with Gasteiger partial charge < -0.3 is 10.1 Å². The molecule has 1 aromatic rings. The monoisotopic (exact) mass is 243 g/mol. The summed E-state index contributed by atoms with van der Waals surface area (Å²) in [6.07, 6.45) is 1.16. The Labute approximate surface area is 99.4 Å². The van der Waals surface area contributed by atoms with E-state index in [1.54, 1.807) is 0 Å². The van der Waals surface area contributed by atoms with Crippen molar-refractivity contribution in [2.45, 2.75) is 39.7 Å². The molecule has 5 nitrogen and oxygen atoms in total. The highest BCUT2D eigenvalue weighted by Gasteiger charge is 2.09. The van der Waals surface area contributed by atoms with Gasteiger partial charge in [-0.3, -0.25) is 4.79 Å². The summed E-state index contributed by atoms with van der Waals surface area (Å²) in [6, 6.07) is 0.191. The molecule has 16 heavy (non-hydrogen) atoms. The molecule has 0 aliphatic rings. The molecule has 0 aromatic carbocycles. The smallest absolute Gasteiger partial charge is 0.305 e. The molecule has 90 valence electrons. The Hall–Kier alpha value is -1.17. The van der Waals surface area contributed by atoms with Gasteiger partial charge in [-0.15, -0.1) is 0 Å². The topological polar surface area (TPSA) is 64.1 Å². The van der Waals surface area contributed by atoms with Crippen LogP contribution in [-0.4, -0.2) is 28.0 Å². The van der Waals surface area contributed by atoms with E-state index in [1.165, 1.54) is 11.5 Å². The third-order valence-corrected chi connectivity index (χ3v) is 2.72. The number of aromatic nitrogens is 2. The Bertz CT molecular complexity index is 341. The number of carbonyl (C=O) groups is 1. The molecular formula is C10H17N3O2S. The summed E-state index contributed by atoms with van der Waals surface area (Å²) in [5.41, 5.74) is 0. The van der Waals surface area contributed by atoms with Gasteiger partial charge in [0, 0.05) is 24.0 Å². The van der Waals surface area contributed by atoms with Gasteiger partial charge in [0.05, 0.1) is 6.61 Å². The van der Waals surface area contributed by atoms with Gasteiger partial charge in [0.25, 0.3) is 0 Å². The fourth-order valence-corrected chi connectivity index (χ4v) is 1.89. The van der Waals surface area contributed by atoms with Gasteiger partial charge in [-0.25, -0.2) is 4.98 Å². The van der Waals surface area contributed by atoms with Crippen molar-refractivity contribution in [2.75, 3.05) is 11.9 Å². The lowest BCUT2D eigenvalue weighted by Gasteiger charge is -2.11. The SMILES string of the molecule is CCOC(=O)CCC(C)Nc1nc(C)ns1. The van der Waals surface area contributed by atoms with Crippen LogP contribution in [0.25, 0.3) is 0 Å². The molecule has 0 fully saturated rings. The molecule has 1 rings (SSSR count). The lowest BCUT2D eigenvalue weighted by Crippen LogP contribution is -2.17. The van der Waals surface area contributed by atoms with Crippen LogP contribution >= 0.6 is 11.5 Å². The maximum absolute atomic E-state index is 11.1. The molecule has 0 spiro atoms. The maximum Gasteiger partial charge on any atom is 0.305 e. The van der Waals surface area contributed by atoms with Crippen LogP contribution in [0.15, 0.2) is 0 Å². The number of carbonyl (C=O) groups excluding carboxylic acids is 1. The summed E-state index contributed by atoms with van der Waals surface area (Å²) in [5.74, 6) is 0.620. The number of anilines is 1. The van der Waals surface area contributed by atoms with Gasteiger partial charge in [-0.05, 0) is 27.2 Å². The Morgan fingerprint density at radius 3 is 2.94 bits per heavy atom. The summed E-state index contributed by atoms with van der Waals surface area (Å²) in [6.45, 7) is 6.11. The molecule has 0 aliphatic carbocycles. The molecule has 0 saturated carbocycles. The minimum absolute atomic E-state index is 0.149. The van der Waals surface area contributed by atoms with Crippen LogP contribution in [-0.2, 0) is 9.53 Å². The van der Waals surface area contributed by atoms with Crippen LogP contribution in [0.5, 0.6) is 0 Å². The lowest BCUT2D eigenvalue weighted by molar-refractivity contribution is -0.143. The van der Waals surface area contributed by atoms with Gasteiger partial charge >= 0.3 is 5.97 Å². The normalized spacial score (nSPS) is 12.2. The standard InChI is InChI=1S/C10H17N3O2S/c1-4-15-9(14)6-5-7(2)11-10-12-8(3)13-16-10/h7H,4-6H2,1-3H3,(H,11,12,13). The number of nitrogens with one attached hydrogen (secondary N) is 1. The second-order valence-corrected chi connectivity index (χ2v) is 4.29. The third-order valence-electron chi connectivity index (χ3n) is 1.98. The van der Waals surface area contributed by atoms with Gasteiger partial charge in [-0.1, -0.05) is 0 Å². The van der Waals surface area contributed by atoms with E-state index in [-0.39, 0.29) is 12.0 Å². The van der Waals surface area contributed by atoms with Gasteiger partial charge in [0.1, 0.15) is 5.82 Å². The number of esters is 1. The van der Waals surface area contributed by atoms with Crippen LogP contribution in [0, 0.1) is 6.92 Å². The largest absolute Gasteiger partial charge is 0.466 e. The third kappa shape index (κ3) is 4.57. The van der Waals surface area contributed by atoms with Crippen molar-refractivity contribution in [3.8, 4) is 0 Å². The zero-order chi connectivity index (χ0) is 12.0. The highest BCUT2D eigenvalue weighted by atomic mass is 32.1. The van der Waals surface area contributed by atoms with Crippen molar-refractivity contribution >= 4 is 22.6 Å². The minimum atomic E-state index is -0.149. The van der Waals surface area contributed by atoms with Gasteiger partial charge in [0.2, 0.25) is 5.13 Å². The van der Waals surface area contributed by atoms with Crippen LogP contribution < -0.4 is 5.32 Å². The second-order valence-electron chi connectivity index (χ2n) is 3.54. The van der Waals surface area contributed by atoms with Crippen LogP contribution in [0.1, 0.15) is 32.5 Å². The van der Waals surface area contributed by atoms with Crippen molar-refractivity contribution in [1.29, 1.82) is 0 Å². The molecule has 6 heteroatoms. The molecule has 1 atom stereocenters. The van der Waals surface area contributed by atoms with Crippen molar-refractivity contribution < 1.29 is 9.53 Å². The molecule has 0 radical (unpaired) electrons. The Balaban J connectivity index is 2.25. The molecule has 0 aliphatic heterocycles. The number of hydrogen-bond donors (Lipinski definition) is 1. The van der Waals surface area contributed by atoms with Crippen molar-refractivity contribution in [3.63, 3.8) is 0 Å². The summed E-state index contributed by atoms with van der Waals surface area (Å²) in [5, 5.41) is 4.00. The molecule has 0 amide bonds. The molecule has 0 bridgehead atoms. The van der Waals surface area contributed by atoms with Crippen molar-refractivity contribution in [1.82, 2.24) is 9.36 Å². The Morgan fingerprint density at radius 1 is 1.62 bits per heavy atom. The molecule has 1 unspecified atom stereocenters. The van der Waals surface area contributed by atoms with E-state index in [0.29, 0.717) is 13.0 Å². The molecule has 1 heterocycles. The van der Waals surface area contributed by atoms with Gasteiger partial charge in [-0.2, -0.15) is 4.37 Å². The first-order valence-electron chi connectivity index (χ1n) is 5.34. The number of aryl methyl sites for hydroxylation is 1. The molecular weight excluding hydrogens is 226 g/mol. The van der Waals surface area contributed by atoms with E-state index >= 15 is 0 Å². The first kappa shape index (κ1) is 12.9. The maximum atomic E-state index is 11.1. The predicted octanol–water partition coefficient (Wildman–Crippen LogP) is 1.99. The minimum Gasteiger partial charge on any atom is -0.466 e. The fourth-order valence-electron chi connectivity index (χ4n) is 1.21. The summed E-state index contributed by atoms with van der Waals surface area (Å²) < 4.78 is 8.93. The predicted molar refractivity (Wildman–Crippen MR) is 63.6 cm³/mol. The van der Waals surface area contributed by atoms with Crippen LogP contribution in [0.3, 0.4) is 0 Å². The average molecular weight is 243 g/mol. The zero-order valence-corrected chi connectivity index (χ0v) is 10.6. The zero-order valence-electron chi connectivity index (χ0n) is 9.82. The van der Waals surface area contributed by atoms with E-state index in [2.05, 4.69) is 14.7 Å². The molecule has 1 N–H and O–H groups in total. The van der Waals surface area contributed by atoms with Gasteiger partial charge in [0.15, 0.2) is 0 Å². The highest BCUT2D eigenvalue weighted by molar-refractivity contribution is 7.09. The Kier molecular flexibility index (Phi) is 5.18. The van der Waals surface area contributed by atoms with Crippen molar-refractivity contribution in [3.05, 3.63) is 5.82 Å². The first-order valence-corrected chi connectivity index (χ1v) is 6.11. The van der Waals surface area contributed by atoms with Crippen LogP contribution in [0.2, 0.25) is 0 Å². The average Bonchev–Trinajstić information content (AvgIpc) is 2.61. The fraction of sp³-hybridized carbons (Fsp3) is 0.700. The van der Waals surface area contributed by atoms with Crippen LogP contribution in [0.4, 0.5) is 5.13 Å². The number of nitrogens with zero attached hydrogens (tertiary/aromatic N) is 2. The summed E-state index contributed by atoms with van der Waals surface area (Å²) in [7, 11) is 0. The number of hydrogen-bond acceptors (Lipinski definition) is 6. The Morgan fingerprint density at radius 2 is 2.38 bits per heavy atom. The number of rotatable bonds is 6. The first-order chi connectivity index (χ1) is 7.61. The molecule has 0 saturated heterocycles. The summed E-state index contributed by atoms with van der Waals surface area (Å²) >= 11 is 1.33. The highest BCUT2D eigenvalue weighted by Crippen LogP contribution is 2.13. The van der Waals surface area contributed by atoms with E-state index in [9.17, 15) is 4.79 Å². The van der Waals surface area contributed by atoms with E-state index in [4.69, 9.17) is 4.74 Å². The lowest BCUT2D eigenvalue weighted by atomic mass is 10.2. The quantitative estimate of drug-likeness (QED) is 0.774. The second kappa shape index (κ2) is 6.42. The van der Waals surface area contributed by atoms with Crippen molar-refractivity contribution in [2.24, 2.45) is 0 Å². The van der Waals surface area contributed by atoms with E-state index < -0.39 is 0 Å². The number of ether oxygens (including phenoxy) is 1. The van der Waals surface area contributed by atoms with E-state index in [0.717, 1.165) is 17.4 Å². The molecule has 1 aromatic heterocycles.